The number of ketones is 1. The molecule has 0 aliphatic heterocycles. The van der Waals surface area contributed by atoms with Gasteiger partial charge in [0.05, 0.1) is 12.2 Å². The average Bonchev–Trinajstić information content (AvgIpc) is 2.99. The Balaban J connectivity index is 1.86. The molecule has 0 bridgehead atoms. The van der Waals surface area contributed by atoms with Crippen LogP contribution in [-0.4, -0.2) is 21.6 Å². The van der Waals surface area contributed by atoms with Crippen LogP contribution in [0.25, 0.3) is 11.3 Å². The smallest absolute Gasteiger partial charge is 0.182 e. The number of carbonyl (C=O) groups is 1. The van der Waals surface area contributed by atoms with E-state index in [0.717, 1.165) is 20.9 Å². The van der Waals surface area contributed by atoms with Crippen LogP contribution >= 0.6 is 27.7 Å². The summed E-state index contributed by atoms with van der Waals surface area (Å²) in [6.45, 7) is 0.289. The van der Waals surface area contributed by atoms with Crippen molar-refractivity contribution in [2.45, 2.75) is 11.7 Å². The summed E-state index contributed by atoms with van der Waals surface area (Å²) in [5.74, 6) is 0.0739. The highest BCUT2D eigenvalue weighted by Gasteiger charge is 2.13. The molecule has 0 aliphatic rings. The normalized spacial score (nSPS) is 10.7. The monoisotopic (exact) mass is 386 g/mol. The van der Waals surface area contributed by atoms with Gasteiger partial charge in [-0.1, -0.05) is 70.2 Å². The van der Waals surface area contributed by atoms with Gasteiger partial charge >= 0.3 is 0 Å². The minimum absolute atomic E-state index is 0.0739. The summed E-state index contributed by atoms with van der Waals surface area (Å²) in [5.41, 5.74) is 2.64. The Kier molecular flexibility index (Phi) is 4.98. The molecular weight excluding hydrogens is 372 g/mol. The van der Waals surface area contributed by atoms with Crippen molar-refractivity contribution in [1.82, 2.24) is 9.55 Å². The maximum Gasteiger partial charge on any atom is 0.182 e. The molecule has 0 N–H and O–H groups in total. The number of aromatic nitrogens is 2. The first-order chi connectivity index (χ1) is 11.2. The van der Waals surface area contributed by atoms with Crippen molar-refractivity contribution in [3.63, 3.8) is 0 Å². The molecule has 0 saturated carbocycles. The molecule has 0 unspecified atom stereocenters. The molecule has 1 heterocycles. The van der Waals surface area contributed by atoms with E-state index in [0.29, 0.717) is 5.56 Å². The lowest BCUT2D eigenvalue weighted by atomic mass is 10.1. The second-order valence-electron chi connectivity index (χ2n) is 5.04. The van der Waals surface area contributed by atoms with Gasteiger partial charge in [0.1, 0.15) is 0 Å². The first kappa shape index (κ1) is 16.0. The van der Waals surface area contributed by atoms with Gasteiger partial charge in [-0.3, -0.25) is 4.79 Å². The van der Waals surface area contributed by atoms with Gasteiger partial charge in [-0.25, -0.2) is 4.98 Å². The average molecular weight is 387 g/mol. The lowest BCUT2D eigenvalue weighted by Gasteiger charge is -2.05. The standard InChI is InChI=1S/C18H15BrN2OS/c1-23-18-20-16(13-5-3-2-4-6-13)11-21(18)12-17(22)14-7-9-15(19)10-8-14/h2-11H,12H2,1H3. The van der Waals surface area contributed by atoms with E-state index in [-0.39, 0.29) is 12.3 Å². The number of Topliss-reactive ketones (excluding diaryl/α,β-unsaturated/α-hetero) is 1. The number of benzene rings is 2. The fraction of sp³-hybridized carbons (Fsp3) is 0.111. The van der Waals surface area contributed by atoms with Gasteiger partial charge in [0.2, 0.25) is 0 Å². The first-order valence-corrected chi connectivity index (χ1v) is 9.14. The predicted octanol–water partition coefficient (Wildman–Crippen LogP) is 4.92. The number of thioether (sulfide) groups is 1. The summed E-state index contributed by atoms with van der Waals surface area (Å²) in [6.07, 6.45) is 3.91. The Labute approximate surface area is 147 Å². The van der Waals surface area contributed by atoms with Crippen molar-refractivity contribution in [3.05, 3.63) is 70.8 Å². The topological polar surface area (TPSA) is 34.9 Å². The Morgan fingerprint density at radius 2 is 1.83 bits per heavy atom. The van der Waals surface area contributed by atoms with Crippen LogP contribution in [0, 0.1) is 0 Å². The highest BCUT2D eigenvalue weighted by Crippen LogP contribution is 2.23. The lowest BCUT2D eigenvalue weighted by molar-refractivity contribution is 0.0969. The van der Waals surface area contributed by atoms with E-state index in [9.17, 15) is 4.79 Å². The summed E-state index contributed by atoms with van der Waals surface area (Å²) in [4.78, 5) is 17.1. The fourth-order valence-electron chi connectivity index (χ4n) is 2.30. The van der Waals surface area contributed by atoms with Crippen LogP contribution in [0.15, 0.2) is 70.4 Å². The van der Waals surface area contributed by atoms with Crippen LogP contribution in [0.1, 0.15) is 10.4 Å². The summed E-state index contributed by atoms with van der Waals surface area (Å²) >= 11 is 4.93. The summed E-state index contributed by atoms with van der Waals surface area (Å²) in [5, 5.41) is 0.842. The van der Waals surface area contributed by atoms with E-state index < -0.39 is 0 Å². The van der Waals surface area contributed by atoms with Crippen molar-refractivity contribution in [1.29, 1.82) is 0 Å². The zero-order chi connectivity index (χ0) is 16.2. The van der Waals surface area contributed by atoms with E-state index in [1.807, 2.05) is 71.6 Å². The zero-order valence-electron chi connectivity index (χ0n) is 12.6. The van der Waals surface area contributed by atoms with Gasteiger partial charge in [0, 0.05) is 21.8 Å². The minimum Gasteiger partial charge on any atom is -0.318 e. The quantitative estimate of drug-likeness (QED) is 0.461. The minimum atomic E-state index is 0.0739. The number of carbonyl (C=O) groups excluding carboxylic acids is 1. The number of rotatable bonds is 5. The molecule has 0 atom stereocenters. The summed E-state index contributed by atoms with van der Waals surface area (Å²) < 4.78 is 2.88. The first-order valence-electron chi connectivity index (χ1n) is 7.13. The summed E-state index contributed by atoms with van der Waals surface area (Å²) in [7, 11) is 0. The van der Waals surface area contributed by atoms with Crippen molar-refractivity contribution in [3.8, 4) is 11.3 Å². The molecule has 23 heavy (non-hydrogen) atoms. The maximum atomic E-state index is 12.5. The maximum absolute atomic E-state index is 12.5. The molecule has 3 aromatic rings. The van der Waals surface area contributed by atoms with Gasteiger partial charge in [-0.15, -0.1) is 0 Å². The van der Waals surface area contributed by atoms with Crippen molar-refractivity contribution >= 4 is 33.5 Å². The van der Waals surface area contributed by atoms with Crippen LogP contribution in [0.2, 0.25) is 0 Å². The number of halogens is 1. The number of hydrogen-bond acceptors (Lipinski definition) is 3. The van der Waals surface area contributed by atoms with Crippen LogP contribution in [0.4, 0.5) is 0 Å². The van der Waals surface area contributed by atoms with E-state index >= 15 is 0 Å². The second kappa shape index (κ2) is 7.15. The Bertz CT molecular complexity index is 813. The number of nitrogens with zero attached hydrogens (tertiary/aromatic N) is 2. The molecule has 3 nitrogen and oxygen atoms in total. The van der Waals surface area contributed by atoms with Gasteiger partial charge in [0.25, 0.3) is 0 Å². The fourth-order valence-corrected chi connectivity index (χ4v) is 3.11. The zero-order valence-corrected chi connectivity index (χ0v) is 15.0. The molecule has 0 saturated heterocycles. The lowest BCUT2D eigenvalue weighted by Crippen LogP contribution is -2.10. The van der Waals surface area contributed by atoms with Gasteiger partial charge in [-0.05, 0) is 18.4 Å². The van der Waals surface area contributed by atoms with E-state index in [1.165, 1.54) is 0 Å². The second-order valence-corrected chi connectivity index (χ2v) is 6.73. The molecule has 0 amide bonds. The van der Waals surface area contributed by atoms with Gasteiger partial charge in [-0.2, -0.15) is 0 Å². The SMILES string of the molecule is CSc1nc(-c2ccccc2)cn1CC(=O)c1ccc(Br)cc1. The Morgan fingerprint density at radius 3 is 2.48 bits per heavy atom. The molecule has 116 valence electrons. The van der Waals surface area contributed by atoms with Crippen molar-refractivity contribution < 1.29 is 4.79 Å². The van der Waals surface area contributed by atoms with E-state index in [1.54, 1.807) is 11.8 Å². The van der Waals surface area contributed by atoms with E-state index in [4.69, 9.17) is 0 Å². The third kappa shape index (κ3) is 3.74. The van der Waals surface area contributed by atoms with Crippen molar-refractivity contribution in [2.24, 2.45) is 0 Å². The third-order valence-corrected chi connectivity index (χ3v) is 4.69. The van der Waals surface area contributed by atoms with Crippen molar-refractivity contribution in [2.75, 3.05) is 6.26 Å². The molecule has 0 aliphatic carbocycles. The molecule has 1 aromatic heterocycles. The Morgan fingerprint density at radius 1 is 1.13 bits per heavy atom. The van der Waals surface area contributed by atoms with E-state index in [2.05, 4.69) is 20.9 Å². The van der Waals surface area contributed by atoms with Crippen LogP contribution < -0.4 is 0 Å². The number of hydrogen-bond donors (Lipinski definition) is 0. The highest BCUT2D eigenvalue weighted by atomic mass is 79.9. The third-order valence-electron chi connectivity index (χ3n) is 3.47. The van der Waals surface area contributed by atoms with Gasteiger partial charge < -0.3 is 4.57 Å². The van der Waals surface area contributed by atoms with Gasteiger partial charge in [0.15, 0.2) is 10.9 Å². The largest absolute Gasteiger partial charge is 0.318 e. The molecule has 3 rings (SSSR count). The molecule has 2 aromatic carbocycles. The van der Waals surface area contributed by atoms with Crippen LogP contribution in [0.5, 0.6) is 0 Å². The molecule has 5 heteroatoms. The molecule has 0 radical (unpaired) electrons. The predicted molar refractivity (Wildman–Crippen MR) is 97.9 cm³/mol. The van der Waals surface area contributed by atoms with Crippen LogP contribution in [0.3, 0.4) is 0 Å². The number of imidazole rings is 1. The molecular formula is C18H15BrN2OS. The summed E-state index contributed by atoms with van der Waals surface area (Å²) in [6, 6.07) is 17.4. The molecule has 0 fully saturated rings. The molecule has 0 spiro atoms. The Hall–Kier alpha value is -1.85. The van der Waals surface area contributed by atoms with Crippen LogP contribution in [-0.2, 0) is 6.54 Å². The highest BCUT2D eigenvalue weighted by molar-refractivity contribution is 9.10.